The number of guanidine groups is 1. The Morgan fingerprint density at radius 2 is 2.07 bits per heavy atom. The Hall–Kier alpha value is -2.49. The summed E-state index contributed by atoms with van der Waals surface area (Å²) >= 11 is 5.79. The Bertz CT molecular complexity index is 808. The average molecular weight is 420 g/mol. The Balaban J connectivity index is 1.77. The fraction of sp³-hybridized carbons (Fsp3) is 0.471. The van der Waals surface area contributed by atoms with Gasteiger partial charge in [0.25, 0.3) is 0 Å². The van der Waals surface area contributed by atoms with Crippen LogP contribution in [0.25, 0.3) is 0 Å². The minimum atomic E-state index is -4.51. The van der Waals surface area contributed by atoms with Gasteiger partial charge in [0.05, 0.1) is 24.3 Å². The zero-order chi connectivity index (χ0) is 20.7. The second-order valence-electron chi connectivity index (χ2n) is 6.08. The topological polar surface area (TPSA) is 84.6 Å². The average Bonchev–Trinajstić information content (AvgIpc) is 3.10. The molecule has 0 aliphatic carbocycles. The van der Waals surface area contributed by atoms with Crippen molar-refractivity contribution in [2.24, 2.45) is 4.99 Å². The van der Waals surface area contributed by atoms with E-state index in [0.717, 1.165) is 11.8 Å². The number of aromatic nitrogens is 2. The summed E-state index contributed by atoms with van der Waals surface area (Å²) in [4.78, 5) is 7.66. The molecule has 7 nitrogen and oxygen atoms in total. The fourth-order valence-corrected chi connectivity index (χ4v) is 2.30. The molecule has 154 valence electrons. The van der Waals surface area contributed by atoms with E-state index in [1.165, 1.54) is 0 Å². The van der Waals surface area contributed by atoms with E-state index in [1.807, 2.05) is 19.9 Å². The van der Waals surface area contributed by atoms with Gasteiger partial charge in [0.15, 0.2) is 11.7 Å². The van der Waals surface area contributed by atoms with Gasteiger partial charge in [0.2, 0.25) is 5.88 Å². The van der Waals surface area contributed by atoms with Crippen LogP contribution in [-0.2, 0) is 12.7 Å². The minimum absolute atomic E-state index is 0.0673. The first-order valence-electron chi connectivity index (χ1n) is 8.46. The molecule has 0 bridgehead atoms. The summed E-state index contributed by atoms with van der Waals surface area (Å²) < 4.78 is 48.3. The molecule has 0 fully saturated rings. The second kappa shape index (κ2) is 9.63. The van der Waals surface area contributed by atoms with Crippen molar-refractivity contribution in [3.05, 3.63) is 40.4 Å². The second-order valence-corrected chi connectivity index (χ2v) is 6.49. The molecule has 0 amide bonds. The quantitative estimate of drug-likeness (QED) is 0.405. The van der Waals surface area contributed by atoms with E-state index in [2.05, 4.69) is 25.8 Å². The van der Waals surface area contributed by atoms with Crippen molar-refractivity contribution >= 4 is 17.6 Å². The highest BCUT2D eigenvalue weighted by atomic mass is 35.5. The van der Waals surface area contributed by atoms with Crippen LogP contribution in [0.15, 0.2) is 27.8 Å². The van der Waals surface area contributed by atoms with E-state index in [4.69, 9.17) is 20.9 Å². The van der Waals surface area contributed by atoms with Crippen molar-refractivity contribution in [1.82, 2.24) is 20.8 Å². The number of nitrogens with one attached hydrogen (secondary N) is 2. The SMILES string of the molecule is CN=C(NCCOc1ncc(C(F)(F)F)cc1Cl)NCc1cc(C(C)C)no1. The highest BCUT2D eigenvalue weighted by Gasteiger charge is 2.31. The number of rotatable bonds is 7. The molecule has 2 heterocycles. The number of nitrogens with zero attached hydrogens (tertiary/aromatic N) is 3. The number of alkyl halides is 3. The lowest BCUT2D eigenvalue weighted by atomic mass is 10.1. The number of pyridine rings is 1. The van der Waals surface area contributed by atoms with Crippen molar-refractivity contribution < 1.29 is 22.4 Å². The Labute approximate surface area is 165 Å². The van der Waals surface area contributed by atoms with Gasteiger partial charge in [-0.15, -0.1) is 0 Å². The standard InChI is InChI=1S/C17H21ClF3N5O2/c1-10(2)14-7-12(28-26-14)9-25-16(22-3)23-4-5-27-15-13(18)6-11(8-24-15)17(19,20)21/h6-8,10H,4-5,9H2,1-3H3,(H2,22,23,25). The molecule has 0 aromatic carbocycles. The van der Waals surface area contributed by atoms with Gasteiger partial charge in [-0.2, -0.15) is 13.2 Å². The van der Waals surface area contributed by atoms with Crippen LogP contribution < -0.4 is 15.4 Å². The maximum absolute atomic E-state index is 12.6. The molecule has 2 aromatic rings. The number of aliphatic imine (C=N–C) groups is 1. The predicted molar refractivity (Wildman–Crippen MR) is 98.5 cm³/mol. The van der Waals surface area contributed by atoms with E-state index >= 15 is 0 Å². The van der Waals surface area contributed by atoms with Crippen LogP contribution in [0.3, 0.4) is 0 Å². The number of hydrogen-bond acceptors (Lipinski definition) is 5. The highest BCUT2D eigenvalue weighted by Crippen LogP contribution is 2.32. The van der Waals surface area contributed by atoms with E-state index < -0.39 is 11.7 Å². The largest absolute Gasteiger partial charge is 0.475 e. The lowest BCUT2D eigenvalue weighted by molar-refractivity contribution is -0.137. The molecule has 2 rings (SSSR count). The number of halogens is 4. The molecule has 0 aliphatic heterocycles. The van der Waals surface area contributed by atoms with Gasteiger partial charge in [-0.25, -0.2) is 4.98 Å². The van der Waals surface area contributed by atoms with Gasteiger partial charge in [-0.3, -0.25) is 4.99 Å². The number of hydrogen-bond donors (Lipinski definition) is 2. The van der Waals surface area contributed by atoms with Crippen molar-refractivity contribution in [1.29, 1.82) is 0 Å². The van der Waals surface area contributed by atoms with Crippen LogP contribution in [0.4, 0.5) is 13.2 Å². The zero-order valence-electron chi connectivity index (χ0n) is 15.6. The molecule has 0 spiro atoms. The smallest absolute Gasteiger partial charge is 0.417 e. The summed E-state index contributed by atoms with van der Waals surface area (Å²) in [6, 6.07) is 2.65. The van der Waals surface area contributed by atoms with Crippen molar-refractivity contribution in [3.8, 4) is 5.88 Å². The predicted octanol–water partition coefficient (Wildman–Crippen LogP) is 3.61. The first kappa shape index (κ1) is 21.8. The van der Waals surface area contributed by atoms with E-state index in [9.17, 15) is 13.2 Å². The molecule has 0 saturated carbocycles. The maximum atomic E-state index is 12.6. The summed E-state index contributed by atoms with van der Waals surface area (Å²) in [5, 5.41) is 9.82. The summed E-state index contributed by atoms with van der Waals surface area (Å²) in [6.45, 7) is 4.89. The molecular weight excluding hydrogens is 399 g/mol. The van der Waals surface area contributed by atoms with E-state index in [-0.39, 0.29) is 23.4 Å². The van der Waals surface area contributed by atoms with Crippen LogP contribution in [0.2, 0.25) is 5.02 Å². The highest BCUT2D eigenvalue weighted by molar-refractivity contribution is 6.31. The molecule has 0 atom stereocenters. The molecule has 0 unspecified atom stereocenters. The first-order valence-corrected chi connectivity index (χ1v) is 8.84. The molecular formula is C17H21ClF3N5O2. The number of ether oxygens (including phenoxy) is 1. The van der Waals surface area contributed by atoms with Gasteiger partial charge < -0.3 is 19.9 Å². The third-order valence-electron chi connectivity index (χ3n) is 3.59. The van der Waals surface area contributed by atoms with Crippen LogP contribution in [0.5, 0.6) is 5.88 Å². The Kier molecular flexibility index (Phi) is 7.50. The lowest BCUT2D eigenvalue weighted by Crippen LogP contribution is -2.38. The third kappa shape index (κ3) is 6.29. The normalized spacial score (nSPS) is 12.4. The van der Waals surface area contributed by atoms with Crippen molar-refractivity contribution in [2.75, 3.05) is 20.2 Å². The third-order valence-corrected chi connectivity index (χ3v) is 3.86. The van der Waals surface area contributed by atoms with Crippen LogP contribution in [-0.4, -0.2) is 36.3 Å². The van der Waals surface area contributed by atoms with Gasteiger partial charge in [-0.1, -0.05) is 30.6 Å². The van der Waals surface area contributed by atoms with Crippen LogP contribution in [0.1, 0.15) is 36.8 Å². The first-order chi connectivity index (χ1) is 13.2. The van der Waals surface area contributed by atoms with Gasteiger partial charge >= 0.3 is 6.18 Å². The molecule has 0 radical (unpaired) electrons. The van der Waals surface area contributed by atoms with E-state index in [0.29, 0.717) is 31.0 Å². The molecule has 2 N–H and O–H groups in total. The maximum Gasteiger partial charge on any atom is 0.417 e. The summed E-state index contributed by atoms with van der Waals surface area (Å²) in [5.74, 6) is 1.38. The zero-order valence-corrected chi connectivity index (χ0v) is 16.4. The van der Waals surface area contributed by atoms with Crippen LogP contribution in [0, 0.1) is 0 Å². The fourth-order valence-electron chi connectivity index (χ4n) is 2.08. The van der Waals surface area contributed by atoms with Gasteiger partial charge in [0.1, 0.15) is 11.6 Å². The molecule has 0 saturated heterocycles. The van der Waals surface area contributed by atoms with E-state index in [1.54, 1.807) is 7.05 Å². The molecule has 11 heteroatoms. The Morgan fingerprint density at radius 3 is 2.64 bits per heavy atom. The summed E-state index contributed by atoms with van der Waals surface area (Å²) in [7, 11) is 1.60. The molecule has 0 aliphatic rings. The molecule has 2 aromatic heterocycles. The lowest BCUT2D eigenvalue weighted by Gasteiger charge is -2.12. The summed E-state index contributed by atoms with van der Waals surface area (Å²) in [6.07, 6.45) is -3.83. The molecule has 28 heavy (non-hydrogen) atoms. The van der Waals surface area contributed by atoms with Gasteiger partial charge in [-0.05, 0) is 12.0 Å². The van der Waals surface area contributed by atoms with Crippen molar-refractivity contribution in [2.45, 2.75) is 32.5 Å². The Morgan fingerprint density at radius 1 is 1.32 bits per heavy atom. The monoisotopic (exact) mass is 419 g/mol. The minimum Gasteiger partial charge on any atom is -0.475 e. The summed E-state index contributed by atoms with van der Waals surface area (Å²) in [5.41, 5.74) is -0.0605. The van der Waals surface area contributed by atoms with Crippen LogP contribution >= 0.6 is 11.6 Å². The van der Waals surface area contributed by atoms with Crippen molar-refractivity contribution in [3.63, 3.8) is 0 Å². The van der Waals surface area contributed by atoms with Gasteiger partial charge in [0, 0.05) is 19.3 Å².